The lowest BCUT2D eigenvalue weighted by Crippen LogP contribution is -2.54. The van der Waals surface area contributed by atoms with Crippen molar-refractivity contribution in [2.75, 3.05) is 20.3 Å². The molecular formula is C20H26N2O5. The molecule has 7 nitrogen and oxygen atoms in total. The van der Waals surface area contributed by atoms with Crippen molar-refractivity contribution < 1.29 is 23.9 Å². The molecule has 1 aromatic carbocycles. The van der Waals surface area contributed by atoms with Gasteiger partial charge in [0.25, 0.3) is 5.91 Å². The minimum atomic E-state index is -0.849. The average Bonchev–Trinajstić information content (AvgIpc) is 2.90. The molecule has 2 atom stereocenters. The second-order valence-electron chi connectivity index (χ2n) is 7.26. The van der Waals surface area contributed by atoms with Crippen molar-refractivity contribution in [3.8, 4) is 5.75 Å². The van der Waals surface area contributed by atoms with Crippen LogP contribution in [0.1, 0.15) is 38.2 Å². The molecule has 1 heterocycles. The summed E-state index contributed by atoms with van der Waals surface area (Å²) in [6.07, 6.45) is 4.03. The number of amides is 3. The van der Waals surface area contributed by atoms with Gasteiger partial charge in [-0.1, -0.05) is 31.9 Å². The van der Waals surface area contributed by atoms with Crippen molar-refractivity contribution >= 4 is 17.9 Å². The minimum absolute atomic E-state index is 0.0683. The Morgan fingerprint density at radius 1 is 1.26 bits per heavy atom. The van der Waals surface area contributed by atoms with Crippen LogP contribution < -0.4 is 10.1 Å². The standard InChI is InChI=1S/C20H26N2O5/c1-14-5-3-4-11-20(14)18(24)22(19(25)21-20)13-17(23)27-12-10-15-6-8-16(26-2)9-7-15/h6-9,14H,3-5,10-13H2,1-2H3,(H,21,25)/t14-,20-/m0/s1. The highest BCUT2D eigenvalue weighted by Gasteiger charge is 2.55. The smallest absolute Gasteiger partial charge is 0.326 e. The minimum Gasteiger partial charge on any atom is -0.497 e. The van der Waals surface area contributed by atoms with Gasteiger partial charge in [-0.3, -0.25) is 14.5 Å². The van der Waals surface area contributed by atoms with Gasteiger partial charge in [-0.2, -0.15) is 0 Å². The van der Waals surface area contributed by atoms with Crippen molar-refractivity contribution in [1.29, 1.82) is 0 Å². The molecule has 0 aromatic heterocycles. The van der Waals surface area contributed by atoms with E-state index in [0.29, 0.717) is 12.8 Å². The zero-order valence-electron chi connectivity index (χ0n) is 15.8. The molecule has 2 aliphatic rings. The molecule has 0 radical (unpaired) electrons. The summed E-state index contributed by atoms with van der Waals surface area (Å²) in [5.74, 6) is -0.0432. The summed E-state index contributed by atoms with van der Waals surface area (Å²) in [6, 6.07) is 6.99. The molecule has 1 N–H and O–H groups in total. The molecule has 1 spiro atoms. The maximum Gasteiger partial charge on any atom is 0.326 e. The Hall–Kier alpha value is -2.57. The zero-order valence-corrected chi connectivity index (χ0v) is 15.8. The fourth-order valence-electron chi connectivity index (χ4n) is 3.89. The van der Waals surface area contributed by atoms with Gasteiger partial charge in [-0.25, -0.2) is 4.79 Å². The number of nitrogens with zero attached hydrogens (tertiary/aromatic N) is 1. The molecule has 146 valence electrons. The van der Waals surface area contributed by atoms with Crippen LogP contribution in [0.3, 0.4) is 0 Å². The van der Waals surface area contributed by atoms with E-state index in [1.807, 2.05) is 31.2 Å². The quantitative estimate of drug-likeness (QED) is 0.610. The molecule has 7 heteroatoms. The second-order valence-corrected chi connectivity index (χ2v) is 7.26. The van der Waals surface area contributed by atoms with Crippen LogP contribution in [0.2, 0.25) is 0 Å². The zero-order chi connectivity index (χ0) is 19.4. The second kappa shape index (κ2) is 7.98. The van der Waals surface area contributed by atoms with Crippen LogP contribution in [-0.4, -0.2) is 48.6 Å². The van der Waals surface area contributed by atoms with E-state index in [1.165, 1.54) is 0 Å². The molecule has 3 amide bonds. The first kappa shape index (κ1) is 19.2. The van der Waals surface area contributed by atoms with Crippen LogP contribution >= 0.6 is 0 Å². The molecule has 3 rings (SSSR count). The van der Waals surface area contributed by atoms with E-state index in [4.69, 9.17) is 9.47 Å². The molecule has 1 aromatic rings. The number of imide groups is 1. The Morgan fingerprint density at radius 3 is 2.67 bits per heavy atom. The predicted molar refractivity (Wildman–Crippen MR) is 98.3 cm³/mol. The summed E-state index contributed by atoms with van der Waals surface area (Å²) >= 11 is 0. The van der Waals surface area contributed by atoms with Gasteiger partial charge in [-0.05, 0) is 36.5 Å². The number of rotatable bonds is 6. The first-order valence-corrected chi connectivity index (χ1v) is 9.39. The molecular weight excluding hydrogens is 348 g/mol. The molecule has 0 bridgehead atoms. The van der Waals surface area contributed by atoms with E-state index in [9.17, 15) is 14.4 Å². The van der Waals surface area contributed by atoms with Crippen molar-refractivity contribution in [3.63, 3.8) is 0 Å². The predicted octanol–water partition coefficient (Wildman–Crippen LogP) is 2.28. The van der Waals surface area contributed by atoms with Gasteiger partial charge in [0.15, 0.2) is 0 Å². The normalized spacial score (nSPS) is 24.8. The topological polar surface area (TPSA) is 84.9 Å². The number of benzene rings is 1. The van der Waals surface area contributed by atoms with E-state index in [1.54, 1.807) is 7.11 Å². The molecule has 27 heavy (non-hydrogen) atoms. The third-order valence-corrected chi connectivity index (χ3v) is 5.60. The number of ether oxygens (including phenoxy) is 2. The SMILES string of the molecule is COc1ccc(CCOC(=O)CN2C(=O)N[C@]3(CCCC[C@@H]3C)C2=O)cc1. The van der Waals surface area contributed by atoms with E-state index >= 15 is 0 Å². The van der Waals surface area contributed by atoms with E-state index in [-0.39, 0.29) is 25.0 Å². The Bertz CT molecular complexity index is 718. The van der Waals surface area contributed by atoms with Crippen LogP contribution in [0, 0.1) is 5.92 Å². The summed E-state index contributed by atoms with van der Waals surface area (Å²) in [4.78, 5) is 38.2. The van der Waals surface area contributed by atoms with E-state index in [2.05, 4.69) is 5.32 Å². The lowest BCUT2D eigenvalue weighted by molar-refractivity contribution is -0.148. The fraction of sp³-hybridized carbons (Fsp3) is 0.550. The summed E-state index contributed by atoms with van der Waals surface area (Å²) in [5.41, 5.74) is 0.159. The largest absolute Gasteiger partial charge is 0.497 e. The van der Waals surface area contributed by atoms with Crippen LogP contribution in [0.15, 0.2) is 24.3 Å². The Morgan fingerprint density at radius 2 is 2.00 bits per heavy atom. The first-order chi connectivity index (χ1) is 13.0. The van der Waals surface area contributed by atoms with Crippen molar-refractivity contribution in [3.05, 3.63) is 29.8 Å². The number of nitrogens with one attached hydrogen (secondary N) is 1. The third kappa shape index (κ3) is 3.91. The Labute approximate surface area is 159 Å². The van der Waals surface area contributed by atoms with Gasteiger partial charge in [0.2, 0.25) is 0 Å². The summed E-state index contributed by atoms with van der Waals surface area (Å²) < 4.78 is 10.3. The van der Waals surface area contributed by atoms with Gasteiger partial charge in [-0.15, -0.1) is 0 Å². The fourth-order valence-corrected chi connectivity index (χ4v) is 3.89. The molecule has 1 aliphatic heterocycles. The number of methoxy groups -OCH3 is 1. The lowest BCUT2D eigenvalue weighted by atomic mass is 9.73. The first-order valence-electron chi connectivity index (χ1n) is 9.39. The van der Waals surface area contributed by atoms with Gasteiger partial charge in [0, 0.05) is 6.42 Å². The van der Waals surface area contributed by atoms with Gasteiger partial charge < -0.3 is 14.8 Å². The molecule has 2 fully saturated rings. The van der Waals surface area contributed by atoms with Gasteiger partial charge in [0.05, 0.1) is 13.7 Å². The highest BCUT2D eigenvalue weighted by Crippen LogP contribution is 2.38. The third-order valence-electron chi connectivity index (χ3n) is 5.60. The van der Waals surface area contributed by atoms with Crippen molar-refractivity contribution in [2.45, 2.75) is 44.6 Å². The lowest BCUT2D eigenvalue weighted by Gasteiger charge is -2.36. The Balaban J connectivity index is 1.51. The molecule has 1 aliphatic carbocycles. The number of urea groups is 1. The van der Waals surface area contributed by atoms with Gasteiger partial charge in [0.1, 0.15) is 17.8 Å². The number of hydrogen-bond donors (Lipinski definition) is 1. The Kier molecular flexibility index (Phi) is 5.68. The van der Waals surface area contributed by atoms with Crippen LogP contribution in [0.25, 0.3) is 0 Å². The summed E-state index contributed by atoms with van der Waals surface area (Å²) in [6.45, 7) is 1.83. The van der Waals surface area contributed by atoms with Crippen molar-refractivity contribution in [2.24, 2.45) is 5.92 Å². The molecule has 1 saturated heterocycles. The monoisotopic (exact) mass is 374 g/mol. The van der Waals surface area contributed by atoms with E-state index in [0.717, 1.165) is 35.5 Å². The van der Waals surface area contributed by atoms with E-state index < -0.39 is 17.5 Å². The summed E-state index contributed by atoms with van der Waals surface area (Å²) in [5, 5.41) is 2.83. The van der Waals surface area contributed by atoms with Crippen LogP contribution in [0.4, 0.5) is 4.79 Å². The van der Waals surface area contributed by atoms with Crippen LogP contribution in [-0.2, 0) is 20.7 Å². The number of carbonyl (C=O) groups is 3. The highest BCUT2D eigenvalue weighted by atomic mass is 16.5. The number of hydrogen-bond acceptors (Lipinski definition) is 5. The van der Waals surface area contributed by atoms with Crippen molar-refractivity contribution in [1.82, 2.24) is 10.2 Å². The summed E-state index contributed by atoms with van der Waals surface area (Å²) in [7, 11) is 1.60. The average molecular weight is 374 g/mol. The van der Waals surface area contributed by atoms with Crippen LogP contribution in [0.5, 0.6) is 5.75 Å². The maximum atomic E-state index is 12.8. The highest BCUT2D eigenvalue weighted by molar-refractivity contribution is 6.08. The molecule has 1 saturated carbocycles. The number of esters is 1. The number of carbonyl (C=O) groups excluding carboxylic acids is 3. The van der Waals surface area contributed by atoms with Gasteiger partial charge >= 0.3 is 12.0 Å². The molecule has 0 unspecified atom stereocenters. The maximum absolute atomic E-state index is 12.8.